The first-order chi connectivity index (χ1) is 13.3. The predicted octanol–water partition coefficient (Wildman–Crippen LogP) is -5.55. The maximum Gasteiger partial charge on any atom is 1.00 e. The van der Waals surface area contributed by atoms with Gasteiger partial charge in [-0.3, -0.25) is 0 Å². The van der Waals surface area contributed by atoms with Crippen molar-refractivity contribution in [2.45, 2.75) is 60.2 Å². The Kier molecular flexibility index (Phi) is 8.74. The second kappa shape index (κ2) is 9.17. The maximum absolute atomic E-state index is 13.5. The summed E-state index contributed by atoms with van der Waals surface area (Å²) >= 11 is 0. The van der Waals surface area contributed by atoms with Crippen molar-refractivity contribution in [1.82, 2.24) is 0 Å². The molecule has 32 heavy (non-hydrogen) atoms. The van der Waals surface area contributed by atoms with Crippen LogP contribution in [0, 0.1) is 11.8 Å². The van der Waals surface area contributed by atoms with Gasteiger partial charge in [0.1, 0.15) is 11.2 Å². The molecule has 4 rings (SSSR count). The fraction of sp³-hybridized carbons (Fsp3) is 0.857. The van der Waals surface area contributed by atoms with Crippen molar-refractivity contribution in [3.8, 4) is 0 Å². The molecule has 0 unspecified atom stereocenters. The Morgan fingerprint density at radius 1 is 0.750 bits per heavy atom. The molecule has 0 aliphatic heterocycles. The molecule has 0 spiro atoms. The third kappa shape index (κ3) is 5.33. The molecule has 0 aromatic heterocycles. The van der Waals surface area contributed by atoms with Gasteiger partial charge in [-0.2, -0.15) is 17.6 Å². The smallest absolute Gasteiger partial charge is 0.743 e. The van der Waals surface area contributed by atoms with Crippen LogP contribution in [0.2, 0.25) is 0 Å². The largest absolute Gasteiger partial charge is 1.00 e. The number of ether oxygens (including phenoxy) is 2. The summed E-state index contributed by atoms with van der Waals surface area (Å²) in [5.74, 6) is -6.23. The van der Waals surface area contributed by atoms with Crippen molar-refractivity contribution >= 4 is 32.2 Å². The second-order valence-electron chi connectivity index (χ2n) is 8.05. The number of hydrogen-bond acceptors (Lipinski definition) is 10. The van der Waals surface area contributed by atoms with E-state index in [-0.39, 0.29) is 84.8 Å². The summed E-state index contributed by atoms with van der Waals surface area (Å²) < 4.78 is 127. The van der Waals surface area contributed by atoms with Gasteiger partial charge in [-0.25, -0.2) is 26.4 Å². The topological polar surface area (TPSA) is 167 Å². The predicted molar refractivity (Wildman–Crippen MR) is 81.6 cm³/mol. The fourth-order valence-electron chi connectivity index (χ4n) is 5.05. The molecule has 0 atom stereocenters. The second-order valence-corrected chi connectivity index (χ2v) is 10.9. The number of hydrogen-bond donors (Lipinski definition) is 0. The molecule has 0 aromatic carbocycles. The molecule has 0 amide bonds. The van der Waals surface area contributed by atoms with Crippen molar-refractivity contribution < 1.29 is 122 Å². The monoisotopic (exact) mass is 528 g/mol. The van der Waals surface area contributed by atoms with E-state index in [2.05, 4.69) is 9.47 Å². The Hall–Kier alpha value is 0.480. The zero-order valence-electron chi connectivity index (χ0n) is 16.8. The molecule has 0 saturated heterocycles. The summed E-state index contributed by atoms with van der Waals surface area (Å²) in [5.41, 5.74) is -3.66. The van der Waals surface area contributed by atoms with Gasteiger partial charge >= 0.3 is 81.6 Å². The molecule has 18 heteroatoms. The summed E-state index contributed by atoms with van der Waals surface area (Å²) in [6.45, 7) is 0. The third-order valence-corrected chi connectivity index (χ3v) is 7.26. The van der Waals surface area contributed by atoms with Crippen LogP contribution in [0.3, 0.4) is 0 Å². The number of rotatable bonds is 6. The van der Waals surface area contributed by atoms with Gasteiger partial charge in [-0.05, 0) is 43.9 Å². The van der Waals surface area contributed by atoms with E-state index in [4.69, 9.17) is 0 Å². The summed E-state index contributed by atoms with van der Waals surface area (Å²) in [4.78, 5) is 23.4. The van der Waals surface area contributed by atoms with Crippen molar-refractivity contribution in [3.63, 3.8) is 0 Å². The molecule has 4 aliphatic rings. The first kappa shape index (κ1) is 30.5. The molecule has 0 aromatic rings. The number of alkyl halides is 4. The van der Waals surface area contributed by atoms with Crippen LogP contribution in [-0.2, 0) is 39.3 Å². The normalized spacial score (nSPS) is 31.8. The number of halogens is 4. The van der Waals surface area contributed by atoms with Gasteiger partial charge in [-0.1, -0.05) is 0 Å². The van der Waals surface area contributed by atoms with Gasteiger partial charge < -0.3 is 18.6 Å². The van der Waals surface area contributed by atoms with Gasteiger partial charge in [0, 0.05) is 6.42 Å². The van der Waals surface area contributed by atoms with Crippen LogP contribution in [0.15, 0.2) is 0 Å². The third-order valence-electron chi connectivity index (χ3n) is 5.68. The van der Waals surface area contributed by atoms with Gasteiger partial charge in [0.05, 0.1) is 0 Å². The number of carbonyl (C=O) groups is 2. The van der Waals surface area contributed by atoms with Crippen molar-refractivity contribution in [1.29, 1.82) is 0 Å². The van der Waals surface area contributed by atoms with Crippen LogP contribution in [0.1, 0.15) is 38.5 Å². The zero-order chi connectivity index (χ0) is 23.0. The molecule has 0 N–H and O–H groups in total. The molecule has 4 bridgehead atoms. The molecule has 4 saturated carbocycles. The van der Waals surface area contributed by atoms with Gasteiger partial charge in [-0.15, -0.1) is 0 Å². The standard InChI is InChI=1S/C14H16F4O10S2.2Na/c15-13(16,29(21,22)23)9(19)27-11-2-7-1-8(4-11)5-12(3-7,6-11)28-10(20)14(17,18)30(24,25)26;;/h7-8H,1-6H2,(H,21,22,23)(H,24,25,26);;/q;2*+1/p-2. The van der Waals surface area contributed by atoms with E-state index in [9.17, 15) is 53.1 Å². The zero-order valence-corrected chi connectivity index (χ0v) is 22.4. The van der Waals surface area contributed by atoms with E-state index in [1.54, 1.807) is 0 Å². The summed E-state index contributed by atoms with van der Waals surface area (Å²) in [7, 11) is -12.8. The molecule has 0 heterocycles. The minimum absolute atomic E-state index is 0. The van der Waals surface area contributed by atoms with Crippen LogP contribution in [0.5, 0.6) is 0 Å². The van der Waals surface area contributed by atoms with Crippen molar-refractivity contribution in [3.05, 3.63) is 0 Å². The number of esters is 2. The first-order valence-electron chi connectivity index (χ1n) is 8.46. The molecule has 0 radical (unpaired) electrons. The SMILES string of the molecule is O=C(OC12CC3CC(C1)CC(OC(=O)C(F)(F)S(=O)(=O)[O-])(C3)C2)C(F)(F)S(=O)(=O)[O-].[Na+].[Na+]. The van der Waals surface area contributed by atoms with Crippen LogP contribution in [-0.4, -0.2) is 59.6 Å². The molecule has 4 fully saturated rings. The molecular formula is C14H14F4Na2O10S2. The minimum atomic E-state index is -6.40. The van der Waals surface area contributed by atoms with E-state index in [1.165, 1.54) is 0 Å². The summed E-state index contributed by atoms with van der Waals surface area (Å²) in [6, 6.07) is 0. The average Bonchev–Trinajstić information content (AvgIpc) is 2.50. The van der Waals surface area contributed by atoms with E-state index in [1.807, 2.05) is 0 Å². The van der Waals surface area contributed by atoms with Crippen LogP contribution >= 0.6 is 0 Å². The van der Waals surface area contributed by atoms with Gasteiger partial charge in [0.15, 0.2) is 20.2 Å². The van der Waals surface area contributed by atoms with E-state index < -0.39 is 72.1 Å². The summed E-state index contributed by atoms with van der Waals surface area (Å²) in [5, 5.41) is -10.8. The van der Waals surface area contributed by atoms with Crippen LogP contribution in [0.4, 0.5) is 17.6 Å². The Balaban J connectivity index is 0.00000256. The molecule has 10 nitrogen and oxygen atoms in total. The maximum atomic E-state index is 13.5. The first-order valence-corrected chi connectivity index (χ1v) is 11.3. The van der Waals surface area contributed by atoms with Crippen LogP contribution in [0.25, 0.3) is 0 Å². The van der Waals surface area contributed by atoms with Crippen LogP contribution < -0.4 is 59.1 Å². The molecule has 4 aliphatic carbocycles. The van der Waals surface area contributed by atoms with Gasteiger partial charge in [0.2, 0.25) is 0 Å². The number of carbonyl (C=O) groups excluding carboxylic acids is 2. The van der Waals surface area contributed by atoms with Gasteiger partial charge in [0.25, 0.3) is 0 Å². The minimum Gasteiger partial charge on any atom is -0.743 e. The van der Waals surface area contributed by atoms with E-state index in [0.29, 0.717) is 6.42 Å². The Labute approximate surface area is 224 Å². The van der Waals surface area contributed by atoms with E-state index in [0.717, 1.165) is 0 Å². The summed E-state index contributed by atoms with van der Waals surface area (Å²) in [6.07, 6.45) is -0.501. The quantitative estimate of drug-likeness (QED) is 0.140. The Morgan fingerprint density at radius 2 is 1.03 bits per heavy atom. The van der Waals surface area contributed by atoms with Crippen molar-refractivity contribution in [2.24, 2.45) is 11.8 Å². The average molecular weight is 528 g/mol. The van der Waals surface area contributed by atoms with E-state index >= 15 is 0 Å². The fourth-order valence-corrected chi connectivity index (χ4v) is 5.54. The Morgan fingerprint density at radius 3 is 1.28 bits per heavy atom. The Bertz CT molecular complexity index is 911. The molecular weight excluding hydrogens is 514 g/mol. The molecule has 172 valence electrons. The van der Waals surface area contributed by atoms with Crippen molar-refractivity contribution in [2.75, 3.05) is 0 Å².